The average Bonchev–Trinajstić information content (AvgIpc) is 2.52. The minimum Gasteiger partial charge on any atom is -0.380 e. The van der Waals surface area contributed by atoms with Crippen molar-refractivity contribution in [1.29, 1.82) is 0 Å². The molecule has 0 saturated heterocycles. The third kappa shape index (κ3) is 3.81. The first-order valence-electron chi connectivity index (χ1n) is 5.47. The molecule has 80 valence electrons. The Balaban J connectivity index is 2.23. The molecule has 1 rings (SSSR count). The first kappa shape index (κ1) is 11.1. The lowest BCUT2D eigenvalue weighted by Gasteiger charge is -2.12. The Morgan fingerprint density at radius 3 is 2.86 bits per heavy atom. The molecule has 1 N–H and O–H groups in total. The van der Waals surface area contributed by atoms with Crippen molar-refractivity contribution in [1.82, 2.24) is 9.78 Å². The maximum atomic E-state index is 4.12. The number of nitrogens with zero attached hydrogens (tertiary/aromatic N) is 2. The Morgan fingerprint density at radius 2 is 2.29 bits per heavy atom. The number of aryl methyl sites for hydroxylation is 1. The van der Waals surface area contributed by atoms with Gasteiger partial charge in [0, 0.05) is 19.3 Å². The Kier molecular flexibility index (Phi) is 4.50. The molecule has 1 aromatic heterocycles. The molecule has 0 fully saturated rings. The van der Waals surface area contributed by atoms with E-state index < -0.39 is 0 Å². The largest absolute Gasteiger partial charge is 0.380 e. The molecule has 3 heteroatoms. The van der Waals surface area contributed by atoms with Crippen LogP contribution in [0.15, 0.2) is 12.4 Å². The second-order valence-electron chi connectivity index (χ2n) is 3.94. The molecule has 0 aliphatic heterocycles. The molecule has 1 atom stereocenters. The van der Waals surface area contributed by atoms with E-state index >= 15 is 0 Å². The van der Waals surface area contributed by atoms with E-state index in [1.807, 2.05) is 24.1 Å². The molecule has 0 unspecified atom stereocenters. The van der Waals surface area contributed by atoms with E-state index in [4.69, 9.17) is 0 Å². The van der Waals surface area contributed by atoms with Gasteiger partial charge >= 0.3 is 0 Å². The van der Waals surface area contributed by atoms with E-state index in [-0.39, 0.29) is 0 Å². The summed E-state index contributed by atoms with van der Waals surface area (Å²) in [5, 5.41) is 7.56. The Morgan fingerprint density at radius 1 is 1.50 bits per heavy atom. The molecule has 1 aromatic rings. The van der Waals surface area contributed by atoms with Crippen LogP contribution in [0.25, 0.3) is 0 Å². The molecule has 3 nitrogen and oxygen atoms in total. The van der Waals surface area contributed by atoms with Crippen LogP contribution in [0.1, 0.15) is 39.5 Å². The van der Waals surface area contributed by atoms with Crippen molar-refractivity contribution in [3.8, 4) is 0 Å². The molecule has 0 saturated carbocycles. The first-order valence-corrected chi connectivity index (χ1v) is 5.47. The quantitative estimate of drug-likeness (QED) is 0.707. The smallest absolute Gasteiger partial charge is 0.0728 e. The molecule has 0 aliphatic carbocycles. The minimum absolute atomic E-state index is 0.547. The lowest BCUT2D eigenvalue weighted by Crippen LogP contribution is -2.14. The topological polar surface area (TPSA) is 29.9 Å². The maximum absolute atomic E-state index is 4.12. The fourth-order valence-corrected chi connectivity index (χ4v) is 1.55. The highest BCUT2D eigenvalue weighted by Crippen LogP contribution is 2.10. The van der Waals surface area contributed by atoms with Gasteiger partial charge in [0.2, 0.25) is 0 Å². The summed E-state index contributed by atoms with van der Waals surface area (Å²) in [5.74, 6) is 0. The van der Waals surface area contributed by atoms with Gasteiger partial charge < -0.3 is 5.32 Å². The highest BCUT2D eigenvalue weighted by Gasteiger charge is 2.02. The van der Waals surface area contributed by atoms with E-state index in [1.54, 1.807) is 0 Å². The van der Waals surface area contributed by atoms with Crippen molar-refractivity contribution in [2.45, 2.75) is 45.6 Å². The Hall–Kier alpha value is -0.990. The first-order chi connectivity index (χ1) is 6.72. The zero-order valence-electron chi connectivity index (χ0n) is 9.45. The average molecular weight is 195 g/mol. The number of unbranched alkanes of at least 4 members (excludes halogenated alkanes) is 2. The number of hydrogen-bond donors (Lipinski definition) is 1. The Labute approximate surface area is 86.5 Å². The van der Waals surface area contributed by atoms with E-state index in [9.17, 15) is 0 Å². The second-order valence-corrected chi connectivity index (χ2v) is 3.94. The van der Waals surface area contributed by atoms with Crippen LogP contribution >= 0.6 is 0 Å². The van der Waals surface area contributed by atoms with Crippen molar-refractivity contribution >= 4 is 5.69 Å². The fourth-order valence-electron chi connectivity index (χ4n) is 1.55. The SMILES string of the molecule is CCCCC[C@H](C)Nc1cnn(C)c1. The molecule has 0 aliphatic rings. The summed E-state index contributed by atoms with van der Waals surface area (Å²) < 4.78 is 1.82. The summed E-state index contributed by atoms with van der Waals surface area (Å²) in [6.45, 7) is 4.46. The molecule has 1 heterocycles. The van der Waals surface area contributed by atoms with Gasteiger partial charge in [-0.25, -0.2) is 0 Å². The van der Waals surface area contributed by atoms with E-state index in [0.29, 0.717) is 6.04 Å². The summed E-state index contributed by atoms with van der Waals surface area (Å²) in [6, 6.07) is 0.547. The van der Waals surface area contributed by atoms with Crippen molar-refractivity contribution in [2.75, 3.05) is 5.32 Å². The monoisotopic (exact) mass is 195 g/mol. The van der Waals surface area contributed by atoms with Gasteiger partial charge in [-0.1, -0.05) is 26.2 Å². The van der Waals surface area contributed by atoms with Gasteiger partial charge in [0.1, 0.15) is 0 Å². The predicted octanol–water partition coefficient (Wildman–Crippen LogP) is 2.80. The number of rotatable bonds is 6. The summed E-state index contributed by atoms with van der Waals surface area (Å²) in [7, 11) is 1.94. The molecular formula is C11H21N3. The van der Waals surface area contributed by atoms with Crippen LogP contribution in [0.3, 0.4) is 0 Å². The van der Waals surface area contributed by atoms with Gasteiger partial charge in [-0.2, -0.15) is 5.10 Å². The van der Waals surface area contributed by atoms with Gasteiger partial charge in [-0.3, -0.25) is 4.68 Å². The van der Waals surface area contributed by atoms with Crippen molar-refractivity contribution in [2.24, 2.45) is 7.05 Å². The summed E-state index contributed by atoms with van der Waals surface area (Å²) >= 11 is 0. The lowest BCUT2D eigenvalue weighted by molar-refractivity contribution is 0.615. The second kappa shape index (κ2) is 5.68. The third-order valence-electron chi connectivity index (χ3n) is 2.36. The van der Waals surface area contributed by atoms with Crippen LogP contribution in [0.2, 0.25) is 0 Å². The van der Waals surface area contributed by atoms with Gasteiger partial charge in [0.25, 0.3) is 0 Å². The number of anilines is 1. The van der Waals surface area contributed by atoms with Crippen LogP contribution in [0.4, 0.5) is 5.69 Å². The van der Waals surface area contributed by atoms with Crippen LogP contribution in [-0.4, -0.2) is 15.8 Å². The zero-order chi connectivity index (χ0) is 10.4. The van der Waals surface area contributed by atoms with Gasteiger partial charge in [-0.05, 0) is 13.3 Å². The molecular weight excluding hydrogens is 174 g/mol. The van der Waals surface area contributed by atoms with Crippen LogP contribution in [0, 0.1) is 0 Å². The van der Waals surface area contributed by atoms with Crippen LogP contribution in [-0.2, 0) is 7.05 Å². The molecule has 0 radical (unpaired) electrons. The van der Waals surface area contributed by atoms with E-state index in [2.05, 4.69) is 24.3 Å². The highest BCUT2D eigenvalue weighted by molar-refractivity contribution is 5.38. The Bertz CT molecular complexity index is 255. The molecule has 0 amide bonds. The fraction of sp³-hybridized carbons (Fsp3) is 0.727. The summed E-state index contributed by atoms with van der Waals surface area (Å²) in [6.07, 6.45) is 9.05. The highest BCUT2D eigenvalue weighted by atomic mass is 15.3. The van der Waals surface area contributed by atoms with Crippen molar-refractivity contribution in [3.05, 3.63) is 12.4 Å². The van der Waals surface area contributed by atoms with Crippen LogP contribution in [0.5, 0.6) is 0 Å². The van der Waals surface area contributed by atoms with Crippen molar-refractivity contribution in [3.63, 3.8) is 0 Å². The number of nitrogens with one attached hydrogen (secondary N) is 1. The predicted molar refractivity (Wildman–Crippen MR) is 60.4 cm³/mol. The van der Waals surface area contributed by atoms with Crippen molar-refractivity contribution < 1.29 is 0 Å². The summed E-state index contributed by atoms with van der Waals surface area (Å²) in [5.41, 5.74) is 1.12. The zero-order valence-corrected chi connectivity index (χ0v) is 9.45. The molecule has 0 aromatic carbocycles. The number of hydrogen-bond acceptors (Lipinski definition) is 2. The van der Waals surface area contributed by atoms with Gasteiger partial charge in [0.15, 0.2) is 0 Å². The lowest BCUT2D eigenvalue weighted by atomic mass is 10.1. The normalized spacial score (nSPS) is 12.8. The van der Waals surface area contributed by atoms with E-state index in [1.165, 1.54) is 25.7 Å². The molecule has 0 spiro atoms. The van der Waals surface area contributed by atoms with Gasteiger partial charge in [-0.15, -0.1) is 0 Å². The molecule has 14 heavy (non-hydrogen) atoms. The van der Waals surface area contributed by atoms with Crippen LogP contribution < -0.4 is 5.32 Å². The van der Waals surface area contributed by atoms with E-state index in [0.717, 1.165) is 5.69 Å². The standard InChI is InChI=1S/C11H21N3/c1-4-5-6-7-10(2)13-11-8-12-14(3)9-11/h8-10,13H,4-7H2,1-3H3/t10-/m0/s1. The number of aromatic nitrogens is 2. The maximum Gasteiger partial charge on any atom is 0.0728 e. The minimum atomic E-state index is 0.547. The van der Waals surface area contributed by atoms with Gasteiger partial charge in [0.05, 0.1) is 11.9 Å². The molecule has 0 bridgehead atoms. The third-order valence-corrected chi connectivity index (χ3v) is 2.36. The summed E-state index contributed by atoms with van der Waals surface area (Å²) in [4.78, 5) is 0.